The second-order valence-corrected chi connectivity index (χ2v) is 16.4. The zero-order valence-electron chi connectivity index (χ0n) is 31.6. The highest BCUT2D eigenvalue weighted by Gasteiger charge is 2.48. The van der Waals surface area contributed by atoms with Gasteiger partial charge in [-0.15, -0.1) is 0 Å². The van der Waals surface area contributed by atoms with Crippen LogP contribution in [0.4, 0.5) is 0 Å². The maximum absolute atomic E-state index is 14.9. The summed E-state index contributed by atoms with van der Waals surface area (Å²) >= 11 is 0. The second-order valence-electron chi connectivity index (χ2n) is 16.4. The van der Waals surface area contributed by atoms with Gasteiger partial charge in [-0.05, 0) is 114 Å². The highest BCUT2D eigenvalue weighted by atomic mass is 16.1. The Hall–Kier alpha value is -3.52. The molecular formula is C46H58O2. The van der Waals surface area contributed by atoms with Gasteiger partial charge in [-0.1, -0.05) is 132 Å². The summed E-state index contributed by atoms with van der Waals surface area (Å²) in [5.41, 5.74) is 1.28. The maximum atomic E-state index is 14.9. The van der Waals surface area contributed by atoms with Gasteiger partial charge in [-0.2, -0.15) is 0 Å². The van der Waals surface area contributed by atoms with E-state index in [0.717, 1.165) is 54.2 Å². The van der Waals surface area contributed by atoms with E-state index in [1.165, 1.54) is 0 Å². The Kier molecular flexibility index (Phi) is 10.00. The summed E-state index contributed by atoms with van der Waals surface area (Å²) in [6.07, 6.45) is 0.723. The molecule has 5 rings (SSSR count). The fourth-order valence-corrected chi connectivity index (χ4v) is 10.7. The third kappa shape index (κ3) is 5.58. The predicted octanol–water partition coefficient (Wildman–Crippen LogP) is 12.4. The average Bonchev–Trinajstić information content (AvgIpc) is 3.00. The first-order valence-electron chi connectivity index (χ1n) is 18.4. The Balaban J connectivity index is 1.92. The summed E-state index contributed by atoms with van der Waals surface area (Å²) in [6, 6.07) is 26.2. The van der Waals surface area contributed by atoms with Crippen molar-refractivity contribution in [3.05, 3.63) is 83.9 Å². The summed E-state index contributed by atoms with van der Waals surface area (Å²) < 4.78 is 0. The summed E-state index contributed by atoms with van der Waals surface area (Å²) in [5, 5.41) is 9.01. The Morgan fingerprint density at radius 3 is 0.812 bits per heavy atom. The monoisotopic (exact) mass is 642 g/mol. The molecule has 0 saturated carbocycles. The van der Waals surface area contributed by atoms with E-state index < -0.39 is 10.8 Å². The molecule has 0 amide bonds. The first-order chi connectivity index (χ1) is 22.6. The van der Waals surface area contributed by atoms with Gasteiger partial charge in [0.2, 0.25) is 0 Å². The highest BCUT2D eigenvalue weighted by molar-refractivity contribution is 6.16. The first kappa shape index (κ1) is 35.8. The van der Waals surface area contributed by atoms with Crippen LogP contribution in [0.1, 0.15) is 94.2 Å². The van der Waals surface area contributed by atoms with Crippen LogP contribution < -0.4 is 0 Å². The van der Waals surface area contributed by atoms with Crippen molar-refractivity contribution in [3.63, 3.8) is 0 Å². The average molecular weight is 643 g/mol. The molecular weight excluding hydrogens is 585 g/mol. The number of carbonyl (C=O) groups excluding carboxylic acids is 2. The zero-order valence-corrected chi connectivity index (χ0v) is 31.6. The third-order valence-corrected chi connectivity index (χ3v) is 12.4. The number of hydrogen-bond acceptors (Lipinski definition) is 2. The van der Waals surface area contributed by atoms with E-state index in [4.69, 9.17) is 0 Å². The third-order valence-electron chi connectivity index (χ3n) is 12.4. The molecule has 5 aromatic rings. The molecule has 0 aliphatic rings. The fourth-order valence-electron chi connectivity index (χ4n) is 10.7. The van der Waals surface area contributed by atoms with E-state index in [9.17, 15) is 9.59 Å². The number of ketones is 2. The van der Waals surface area contributed by atoms with E-state index >= 15 is 0 Å². The van der Waals surface area contributed by atoms with Gasteiger partial charge < -0.3 is 0 Å². The summed E-state index contributed by atoms with van der Waals surface area (Å²) in [5.74, 6) is 1.86. The molecule has 0 saturated heterocycles. The molecule has 2 heteroatoms. The number of hydrogen-bond donors (Lipinski definition) is 0. The Bertz CT molecular complexity index is 1700. The molecule has 0 aromatic heterocycles. The zero-order chi connectivity index (χ0) is 35.3. The van der Waals surface area contributed by atoms with Crippen LogP contribution in [0, 0.1) is 46.3 Å². The largest absolute Gasteiger partial charge is 0.299 e. The van der Waals surface area contributed by atoms with Crippen LogP contribution in [0.15, 0.2) is 72.8 Å². The van der Waals surface area contributed by atoms with Crippen LogP contribution in [-0.4, -0.2) is 11.6 Å². The molecule has 0 heterocycles. The van der Waals surface area contributed by atoms with Gasteiger partial charge in [0.15, 0.2) is 0 Å². The molecule has 0 fully saturated rings. The summed E-state index contributed by atoms with van der Waals surface area (Å²) in [7, 11) is 0. The lowest BCUT2D eigenvalue weighted by molar-refractivity contribution is -0.138. The minimum Gasteiger partial charge on any atom is -0.299 e. The van der Waals surface area contributed by atoms with E-state index in [2.05, 4.69) is 156 Å². The molecule has 0 radical (unpaired) electrons. The summed E-state index contributed by atoms with van der Waals surface area (Å²) in [6.45, 7) is 26.6. The fraction of sp³-hybridized carbons (Fsp3) is 0.478. The molecule has 254 valence electrons. The van der Waals surface area contributed by atoms with Crippen molar-refractivity contribution in [2.75, 3.05) is 0 Å². The lowest BCUT2D eigenvalue weighted by Crippen LogP contribution is -2.46. The molecule has 48 heavy (non-hydrogen) atoms. The van der Waals surface area contributed by atoms with Crippen molar-refractivity contribution in [3.8, 4) is 0 Å². The van der Waals surface area contributed by atoms with Crippen LogP contribution in [0.3, 0.4) is 0 Å². The van der Waals surface area contributed by atoms with Crippen LogP contribution in [0.5, 0.6) is 0 Å². The van der Waals surface area contributed by atoms with Gasteiger partial charge in [0, 0.05) is 23.7 Å². The molecule has 0 aliphatic heterocycles. The molecule has 5 aromatic carbocycles. The van der Waals surface area contributed by atoms with Crippen molar-refractivity contribution in [2.45, 2.75) is 95.9 Å². The van der Waals surface area contributed by atoms with Crippen LogP contribution in [0.25, 0.3) is 43.1 Å². The summed E-state index contributed by atoms with van der Waals surface area (Å²) in [4.78, 5) is 29.9. The van der Waals surface area contributed by atoms with Crippen LogP contribution in [0.2, 0.25) is 0 Å². The van der Waals surface area contributed by atoms with Crippen molar-refractivity contribution in [2.24, 2.45) is 46.3 Å². The quantitative estimate of drug-likeness (QED) is 0.127. The first-order valence-corrected chi connectivity index (χ1v) is 18.4. The van der Waals surface area contributed by atoms with E-state index in [0.29, 0.717) is 24.4 Å². The van der Waals surface area contributed by atoms with Gasteiger partial charge in [0.1, 0.15) is 11.6 Å². The number of benzene rings is 5. The highest BCUT2D eigenvalue weighted by Crippen LogP contribution is 2.48. The normalized spacial score (nSPS) is 13.2. The predicted molar refractivity (Wildman–Crippen MR) is 208 cm³/mol. The smallest absolute Gasteiger partial charge is 0.144 e. The molecule has 2 nitrogen and oxygen atoms in total. The lowest BCUT2D eigenvalue weighted by atomic mass is 9.58. The van der Waals surface area contributed by atoms with Crippen molar-refractivity contribution >= 4 is 54.7 Å². The van der Waals surface area contributed by atoms with E-state index in [1.54, 1.807) is 0 Å². The number of fused-ring (bicyclic) bond motifs is 4. The molecule has 0 atom stereocenters. The van der Waals surface area contributed by atoms with E-state index in [-0.39, 0.29) is 35.5 Å². The Labute approximate surface area is 289 Å². The van der Waals surface area contributed by atoms with Gasteiger partial charge in [0.25, 0.3) is 0 Å². The molecule has 0 spiro atoms. The Morgan fingerprint density at radius 1 is 0.417 bits per heavy atom. The molecule has 0 bridgehead atoms. The van der Waals surface area contributed by atoms with Gasteiger partial charge in [0.05, 0.1) is 0 Å². The minimum atomic E-state index is -0.452. The van der Waals surface area contributed by atoms with Crippen molar-refractivity contribution in [1.29, 1.82) is 0 Å². The van der Waals surface area contributed by atoms with Crippen molar-refractivity contribution < 1.29 is 9.59 Å². The molecule has 0 aliphatic carbocycles. The standard InChI is InChI=1S/C46H58O2/c1-27(2)45(28(3)4,29(5)6)43(47)25-41-37-21-33-17-13-15-19-35(33)23-39(37)42(26-44(48)46(30(7)8,31(9)10)32(11)12)40-24-36-20-16-14-18-34(36)22-38(40)41/h13-24,27-32H,25-26H2,1-12H3. The van der Waals surface area contributed by atoms with Crippen LogP contribution in [-0.2, 0) is 22.4 Å². The minimum absolute atomic E-state index is 0.206. The molecule has 0 N–H and O–H groups in total. The Morgan fingerprint density at radius 2 is 0.625 bits per heavy atom. The SMILES string of the molecule is CC(C)C(C(=O)Cc1c2cc3ccccc3cc2c(CC(=O)C(C(C)C)(C(C)C)C(C)C)c2cc3ccccc3cc12)(C(C)C)C(C)C. The number of Topliss-reactive ketones (excluding diaryl/α,β-unsaturated/α-hetero) is 2. The number of carbonyl (C=O) groups is 2. The van der Waals surface area contributed by atoms with Crippen molar-refractivity contribution in [1.82, 2.24) is 0 Å². The van der Waals surface area contributed by atoms with Crippen LogP contribution >= 0.6 is 0 Å². The topological polar surface area (TPSA) is 34.1 Å². The molecule has 0 unspecified atom stereocenters. The van der Waals surface area contributed by atoms with Gasteiger partial charge in [-0.3, -0.25) is 9.59 Å². The second kappa shape index (κ2) is 13.4. The lowest BCUT2D eigenvalue weighted by Gasteiger charge is -2.44. The van der Waals surface area contributed by atoms with Gasteiger partial charge in [-0.25, -0.2) is 0 Å². The number of rotatable bonds is 12. The van der Waals surface area contributed by atoms with E-state index in [1.807, 2.05) is 0 Å². The van der Waals surface area contributed by atoms with Gasteiger partial charge >= 0.3 is 0 Å². The maximum Gasteiger partial charge on any atom is 0.144 e.